The Balaban J connectivity index is 1.64. The van der Waals surface area contributed by atoms with Crippen molar-refractivity contribution in [1.82, 2.24) is 5.32 Å². The normalized spacial score (nSPS) is 43.6. The van der Waals surface area contributed by atoms with Gasteiger partial charge in [-0.05, 0) is 56.3 Å². The standard InChI is InChI=1S/C16H30N2O/c17-11-16(18-15-5-1-3-14(15)10-19)8-2-4-13(9-16)12-6-7-12/h12-15,18-19H,1-11,17H2. The Morgan fingerprint density at radius 1 is 1.05 bits per heavy atom. The molecule has 4 N–H and O–H groups in total. The zero-order chi connectivity index (χ0) is 13.3. The lowest BCUT2D eigenvalue weighted by Crippen LogP contribution is -2.58. The van der Waals surface area contributed by atoms with Crippen molar-refractivity contribution in [1.29, 1.82) is 0 Å². The number of hydrogen-bond donors (Lipinski definition) is 3. The molecular formula is C16H30N2O. The Kier molecular flexibility index (Phi) is 4.16. The van der Waals surface area contributed by atoms with Gasteiger partial charge in [-0.1, -0.05) is 19.3 Å². The third-order valence-corrected chi connectivity index (χ3v) is 5.95. The molecule has 3 rings (SSSR count). The van der Waals surface area contributed by atoms with Crippen molar-refractivity contribution in [3.63, 3.8) is 0 Å². The van der Waals surface area contributed by atoms with E-state index in [1.165, 1.54) is 57.8 Å². The van der Waals surface area contributed by atoms with Crippen LogP contribution in [0.15, 0.2) is 0 Å². The summed E-state index contributed by atoms with van der Waals surface area (Å²) < 4.78 is 0. The smallest absolute Gasteiger partial charge is 0.0474 e. The zero-order valence-corrected chi connectivity index (χ0v) is 12.1. The van der Waals surface area contributed by atoms with Crippen molar-refractivity contribution >= 4 is 0 Å². The molecule has 0 aliphatic heterocycles. The number of hydrogen-bond acceptors (Lipinski definition) is 3. The van der Waals surface area contributed by atoms with Crippen molar-refractivity contribution in [2.24, 2.45) is 23.5 Å². The molecule has 3 heteroatoms. The molecule has 110 valence electrons. The van der Waals surface area contributed by atoms with Crippen LogP contribution in [0.5, 0.6) is 0 Å². The summed E-state index contributed by atoms with van der Waals surface area (Å²) in [7, 11) is 0. The van der Waals surface area contributed by atoms with Gasteiger partial charge in [-0.25, -0.2) is 0 Å². The number of nitrogens with two attached hydrogens (primary N) is 1. The van der Waals surface area contributed by atoms with Crippen LogP contribution in [0.2, 0.25) is 0 Å². The van der Waals surface area contributed by atoms with Gasteiger partial charge < -0.3 is 16.2 Å². The average Bonchev–Trinajstić information content (AvgIpc) is 3.20. The summed E-state index contributed by atoms with van der Waals surface area (Å²) in [6.45, 7) is 1.11. The molecule has 4 unspecified atom stereocenters. The van der Waals surface area contributed by atoms with Crippen LogP contribution in [-0.4, -0.2) is 29.8 Å². The van der Waals surface area contributed by atoms with E-state index < -0.39 is 0 Å². The number of rotatable bonds is 5. The molecule has 3 nitrogen and oxygen atoms in total. The van der Waals surface area contributed by atoms with Crippen molar-refractivity contribution in [3.05, 3.63) is 0 Å². The Morgan fingerprint density at radius 3 is 2.58 bits per heavy atom. The van der Waals surface area contributed by atoms with Gasteiger partial charge in [-0.2, -0.15) is 0 Å². The van der Waals surface area contributed by atoms with Gasteiger partial charge in [-0.15, -0.1) is 0 Å². The first-order valence-electron chi connectivity index (χ1n) is 8.35. The maximum atomic E-state index is 9.50. The Labute approximate surface area is 117 Å². The maximum Gasteiger partial charge on any atom is 0.0474 e. The van der Waals surface area contributed by atoms with E-state index >= 15 is 0 Å². The molecule has 0 saturated heterocycles. The summed E-state index contributed by atoms with van der Waals surface area (Å²) in [4.78, 5) is 0. The minimum absolute atomic E-state index is 0.175. The van der Waals surface area contributed by atoms with Crippen molar-refractivity contribution in [2.75, 3.05) is 13.2 Å². The van der Waals surface area contributed by atoms with Gasteiger partial charge in [0.25, 0.3) is 0 Å². The van der Waals surface area contributed by atoms with Gasteiger partial charge in [0.1, 0.15) is 0 Å². The highest BCUT2D eigenvalue weighted by Crippen LogP contribution is 2.46. The Morgan fingerprint density at radius 2 is 1.89 bits per heavy atom. The average molecular weight is 266 g/mol. The number of aliphatic hydroxyl groups is 1. The number of aliphatic hydroxyl groups excluding tert-OH is 1. The molecule has 0 aromatic rings. The minimum Gasteiger partial charge on any atom is -0.396 e. The van der Waals surface area contributed by atoms with Gasteiger partial charge in [0.2, 0.25) is 0 Å². The topological polar surface area (TPSA) is 58.3 Å². The van der Waals surface area contributed by atoms with E-state index in [0.29, 0.717) is 18.6 Å². The van der Waals surface area contributed by atoms with E-state index in [2.05, 4.69) is 5.32 Å². The summed E-state index contributed by atoms with van der Waals surface area (Å²) in [6, 6.07) is 0.506. The maximum absolute atomic E-state index is 9.50. The quantitative estimate of drug-likeness (QED) is 0.713. The second-order valence-electron chi connectivity index (χ2n) is 7.30. The highest BCUT2D eigenvalue weighted by Gasteiger charge is 2.43. The summed E-state index contributed by atoms with van der Waals surface area (Å²) in [5, 5.41) is 13.4. The van der Waals surface area contributed by atoms with Crippen LogP contribution in [0.4, 0.5) is 0 Å². The second-order valence-corrected chi connectivity index (χ2v) is 7.30. The highest BCUT2D eigenvalue weighted by atomic mass is 16.3. The molecule has 19 heavy (non-hydrogen) atoms. The molecule has 3 fully saturated rings. The van der Waals surface area contributed by atoms with Gasteiger partial charge in [0.15, 0.2) is 0 Å². The fraction of sp³-hybridized carbons (Fsp3) is 1.00. The van der Waals surface area contributed by atoms with E-state index in [0.717, 1.165) is 18.4 Å². The van der Waals surface area contributed by atoms with Crippen LogP contribution in [0.1, 0.15) is 57.8 Å². The lowest BCUT2D eigenvalue weighted by Gasteiger charge is -2.44. The molecule has 3 saturated carbocycles. The van der Waals surface area contributed by atoms with Crippen LogP contribution in [0, 0.1) is 17.8 Å². The molecule has 0 radical (unpaired) electrons. The van der Waals surface area contributed by atoms with E-state index in [-0.39, 0.29) is 5.54 Å². The fourth-order valence-electron chi connectivity index (χ4n) is 4.59. The van der Waals surface area contributed by atoms with Crippen LogP contribution in [-0.2, 0) is 0 Å². The fourth-order valence-corrected chi connectivity index (χ4v) is 4.59. The molecule has 0 aromatic carbocycles. The van der Waals surface area contributed by atoms with Gasteiger partial charge in [0, 0.05) is 24.7 Å². The molecule has 0 amide bonds. The van der Waals surface area contributed by atoms with Crippen LogP contribution in [0.25, 0.3) is 0 Å². The van der Waals surface area contributed by atoms with Crippen LogP contribution < -0.4 is 11.1 Å². The first-order chi connectivity index (χ1) is 9.26. The highest BCUT2D eigenvalue weighted by molar-refractivity contribution is 5.01. The summed E-state index contributed by atoms with van der Waals surface area (Å²) in [5.74, 6) is 2.38. The summed E-state index contributed by atoms with van der Waals surface area (Å²) >= 11 is 0. The third kappa shape index (κ3) is 2.98. The summed E-state index contributed by atoms with van der Waals surface area (Å²) in [6.07, 6.45) is 11.8. The number of nitrogens with one attached hydrogen (secondary N) is 1. The third-order valence-electron chi connectivity index (χ3n) is 5.95. The second kappa shape index (κ2) is 5.71. The van der Waals surface area contributed by atoms with Crippen LogP contribution >= 0.6 is 0 Å². The van der Waals surface area contributed by atoms with Crippen molar-refractivity contribution in [2.45, 2.75) is 69.4 Å². The Hall–Kier alpha value is -0.120. The monoisotopic (exact) mass is 266 g/mol. The molecule has 0 spiro atoms. The molecular weight excluding hydrogens is 236 g/mol. The molecule has 0 heterocycles. The predicted octanol–water partition coefficient (Wildman–Crippen LogP) is 2.03. The van der Waals surface area contributed by atoms with Crippen molar-refractivity contribution < 1.29 is 5.11 Å². The first-order valence-corrected chi connectivity index (χ1v) is 8.35. The SMILES string of the molecule is NCC1(NC2CCCC2CO)CCCC(C2CC2)C1. The summed E-state index contributed by atoms with van der Waals surface area (Å²) in [5.41, 5.74) is 6.34. The minimum atomic E-state index is 0.175. The van der Waals surface area contributed by atoms with E-state index in [1.54, 1.807) is 0 Å². The molecule has 4 atom stereocenters. The molecule has 3 aliphatic carbocycles. The van der Waals surface area contributed by atoms with E-state index in [1.807, 2.05) is 0 Å². The molecule has 0 aromatic heterocycles. The van der Waals surface area contributed by atoms with Crippen molar-refractivity contribution in [3.8, 4) is 0 Å². The molecule has 3 aliphatic rings. The first kappa shape index (κ1) is 13.8. The predicted molar refractivity (Wildman–Crippen MR) is 77.8 cm³/mol. The van der Waals surface area contributed by atoms with E-state index in [9.17, 15) is 5.11 Å². The van der Waals surface area contributed by atoms with E-state index in [4.69, 9.17) is 5.73 Å². The zero-order valence-electron chi connectivity index (χ0n) is 12.1. The largest absolute Gasteiger partial charge is 0.396 e. The van der Waals surface area contributed by atoms with Gasteiger partial charge >= 0.3 is 0 Å². The van der Waals surface area contributed by atoms with Gasteiger partial charge in [0.05, 0.1) is 0 Å². The lowest BCUT2D eigenvalue weighted by molar-refractivity contribution is 0.128. The Bertz CT molecular complexity index is 305. The lowest BCUT2D eigenvalue weighted by atomic mass is 9.73. The molecule has 0 bridgehead atoms. The van der Waals surface area contributed by atoms with Gasteiger partial charge in [-0.3, -0.25) is 0 Å². The van der Waals surface area contributed by atoms with Crippen LogP contribution in [0.3, 0.4) is 0 Å².